The quantitative estimate of drug-likeness (QED) is 0.609. The van der Waals surface area contributed by atoms with Crippen LogP contribution < -0.4 is 14.8 Å². The van der Waals surface area contributed by atoms with Gasteiger partial charge in [0.2, 0.25) is 0 Å². The van der Waals surface area contributed by atoms with E-state index in [4.69, 9.17) is 9.47 Å². The molecule has 1 aliphatic rings. The number of hydrogen-bond donors (Lipinski definition) is 1. The highest BCUT2D eigenvalue weighted by Gasteiger charge is 2.32. The summed E-state index contributed by atoms with van der Waals surface area (Å²) in [5.74, 6) is 7.24. The van der Waals surface area contributed by atoms with E-state index in [0.717, 1.165) is 28.9 Å². The van der Waals surface area contributed by atoms with Crippen molar-refractivity contribution in [3.8, 4) is 34.5 Å². The molecule has 4 heteroatoms. The molecule has 3 aromatic rings. The van der Waals surface area contributed by atoms with Gasteiger partial charge in [-0.25, -0.2) is 0 Å². The van der Waals surface area contributed by atoms with Gasteiger partial charge in [0, 0.05) is 17.5 Å². The summed E-state index contributed by atoms with van der Waals surface area (Å²) in [6.45, 7) is 4.63. The van der Waals surface area contributed by atoms with Crippen molar-refractivity contribution in [2.75, 3.05) is 13.2 Å². The lowest BCUT2D eigenvalue weighted by Crippen LogP contribution is -2.24. The van der Waals surface area contributed by atoms with Crippen LogP contribution in [0.15, 0.2) is 72.8 Å². The minimum atomic E-state index is -0.211. The third kappa shape index (κ3) is 5.07. The molecule has 0 aliphatic carbocycles. The molecule has 156 valence electrons. The lowest BCUT2D eigenvalue weighted by atomic mass is 10.0. The molecule has 0 unspecified atom stereocenters. The van der Waals surface area contributed by atoms with E-state index >= 15 is 0 Å². The summed E-state index contributed by atoms with van der Waals surface area (Å²) >= 11 is 0. The van der Waals surface area contributed by atoms with Crippen LogP contribution in [0.25, 0.3) is 11.1 Å². The first kappa shape index (κ1) is 20.6. The van der Waals surface area contributed by atoms with E-state index in [9.17, 15) is 4.79 Å². The number of carbonyl (C=O) groups excluding carboxylic acids is 1. The molecular formula is C27H25NO3. The van der Waals surface area contributed by atoms with Gasteiger partial charge >= 0.3 is 0 Å². The van der Waals surface area contributed by atoms with E-state index < -0.39 is 0 Å². The molecule has 0 atom stereocenters. The van der Waals surface area contributed by atoms with Crippen molar-refractivity contribution in [2.24, 2.45) is 0 Å². The van der Waals surface area contributed by atoms with E-state index in [1.54, 1.807) is 0 Å². The van der Waals surface area contributed by atoms with Crippen LogP contribution in [-0.2, 0) is 6.42 Å². The zero-order valence-corrected chi connectivity index (χ0v) is 17.8. The van der Waals surface area contributed by atoms with Crippen molar-refractivity contribution in [1.29, 1.82) is 0 Å². The number of fused-ring (bicyclic) bond motifs is 1. The minimum absolute atomic E-state index is 0.147. The number of rotatable bonds is 5. The first-order chi connectivity index (χ1) is 15.0. The molecule has 0 bridgehead atoms. The standard InChI is InChI=1S/C27H25NO3/c1-27(2)19-23-11-8-12-24(25(23)31-27)30-18-7-6-17-28-26(29)22-15-13-21(14-16-22)20-9-4-3-5-10-20/h3-5,8-16H,17-19H2,1-2H3,(H,28,29). The SMILES string of the molecule is CC1(C)Cc2cccc(OCC#CCNC(=O)c3ccc(-c4ccccc4)cc3)c2O1. The largest absolute Gasteiger partial charge is 0.483 e. The maximum absolute atomic E-state index is 12.3. The fourth-order valence-electron chi connectivity index (χ4n) is 3.60. The normalized spacial score (nSPS) is 13.4. The van der Waals surface area contributed by atoms with Crippen molar-refractivity contribution in [2.45, 2.75) is 25.9 Å². The molecule has 0 spiro atoms. The summed E-state index contributed by atoms with van der Waals surface area (Å²) in [7, 11) is 0. The summed E-state index contributed by atoms with van der Waals surface area (Å²) in [5, 5.41) is 2.82. The van der Waals surface area contributed by atoms with E-state index in [-0.39, 0.29) is 24.7 Å². The number of amides is 1. The highest BCUT2D eigenvalue weighted by molar-refractivity contribution is 5.94. The zero-order valence-electron chi connectivity index (χ0n) is 17.8. The molecule has 4 rings (SSSR count). The summed E-state index contributed by atoms with van der Waals surface area (Å²) in [6, 6.07) is 23.5. The summed E-state index contributed by atoms with van der Waals surface area (Å²) in [5.41, 5.74) is 3.75. The predicted molar refractivity (Wildman–Crippen MR) is 122 cm³/mol. The van der Waals surface area contributed by atoms with Gasteiger partial charge in [-0.15, -0.1) is 0 Å². The molecule has 0 saturated carbocycles. The van der Waals surface area contributed by atoms with E-state index in [0.29, 0.717) is 11.3 Å². The molecule has 0 saturated heterocycles. The molecule has 1 aliphatic heterocycles. The van der Waals surface area contributed by atoms with Gasteiger partial charge < -0.3 is 14.8 Å². The molecule has 0 fully saturated rings. The Balaban J connectivity index is 1.26. The molecule has 1 heterocycles. The van der Waals surface area contributed by atoms with Crippen LogP contribution in [0.5, 0.6) is 11.5 Å². The Kier molecular flexibility index (Phi) is 5.95. The van der Waals surface area contributed by atoms with Crippen LogP contribution in [-0.4, -0.2) is 24.7 Å². The van der Waals surface area contributed by atoms with Gasteiger partial charge in [-0.2, -0.15) is 0 Å². The number of hydrogen-bond acceptors (Lipinski definition) is 3. The molecule has 1 N–H and O–H groups in total. The highest BCUT2D eigenvalue weighted by atomic mass is 16.5. The Hall–Kier alpha value is -3.71. The van der Waals surface area contributed by atoms with Crippen LogP contribution in [0, 0.1) is 11.8 Å². The average molecular weight is 412 g/mol. The fraction of sp³-hybridized carbons (Fsp3) is 0.222. The molecule has 0 radical (unpaired) electrons. The zero-order chi connectivity index (χ0) is 21.7. The van der Waals surface area contributed by atoms with Crippen molar-refractivity contribution in [3.63, 3.8) is 0 Å². The Labute approximate surface area is 183 Å². The number of benzene rings is 3. The van der Waals surface area contributed by atoms with Crippen molar-refractivity contribution in [3.05, 3.63) is 83.9 Å². The summed E-state index contributed by atoms with van der Waals surface area (Å²) in [6.07, 6.45) is 0.865. The van der Waals surface area contributed by atoms with Gasteiger partial charge in [-0.1, -0.05) is 66.4 Å². The third-order valence-corrected chi connectivity index (χ3v) is 5.07. The number of nitrogens with one attached hydrogen (secondary N) is 1. The smallest absolute Gasteiger partial charge is 0.252 e. The number of carbonyl (C=O) groups is 1. The van der Waals surface area contributed by atoms with Gasteiger partial charge in [0.1, 0.15) is 12.2 Å². The summed E-state index contributed by atoms with van der Waals surface area (Å²) in [4.78, 5) is 12.3. The Morgan fingerprint density at radius 3 is 2.48 bits per heavy atom. The minimum Gasteiger partial charge on any atom is -0.483 e. The summed E-state index contributed by atoms with van der Waals surface area (Å²) < 4.78 is 11.8. The topological polar surface area (TPSA) is 47.6 Å². The van der Waals surface area contributed by atoms with E-state index in [1.165, 1.54) is 0 Å². The van der Waals surface area contributed by atoms with Crippen molar-refractivity contribution in [1.82, 2.24) is 5.32 Å². The van der Waals surface area contributed by atoms with Crippen LogP contribution >= 0.6 is 0 Å². The van der Waals surface area contributed by atoms with Crippen molar-refractivity contribution < 1.29 is 14.3 Å². The van der Waals surface area contributed by atoms with Gasteiger partial charge in [0.05, 0.1) is 6.54 Å². The lowest BCUT2D eigenvalue weighted by molar-refractivity contribution is 0.0958. The van der Waals surface area contributed by atoms with Gasteiger partial charge in [0.25, 0.3) is 5.91 Å². The first-order valence-electron chi connectivity index (χ1n) is 10.3. The molecular weight excluding hydrogens is 386 g/mol. The second-order valence-corrected chi connectivity index (χ2v) is 8.05. The Morgan fingerprint density at radius 1 is 0.968 bits per heavy atom. The Bertz CT molecular complexity index is 1120. The van der Waals surface area contributed by atoms with E-state index in [1.807, 2.05) is 66.7 Å². The maximum Gasteiger partial charge on any atom is 0.252 e. The molecule has 0 aromatic heterocycles. The lowest BCUT2D eigenvalue weighted by Gasteiger charge is -2.17. The van der Waals surface area contributed by atoms with Crippen LogP contribution in [0.3, 0.4) is 0 Å². The van der Waals surface area contributed by atoms with Gasteiger partial charge in [-0.3, -0.25) is 4.79 Å². The van der Waals surface area contributed by atoms with Gasteiger partial charge in [-0.05, 0) is 43.2 Å². The van der Waals surface area contributed by atoms with E-state index in [2.05, 4.69) is 37.1 Å². The molecule has 4 nitrogen and oxygen atoms in total. The molecule has 31 heavy (non-hydrogen) atoms. The fourth-order valence-corrected chi connectivity index (χ4v) is 3.60. The molecule has 1 amide bonds. The Morgan fingerprint density at radius 2 is 1.71 bits per heavy atom. The van der Waals surface area contributed by atoms with Gasteiger partial charge in [0.15, 0.2) is 11.5 Å². The van der Waals surface area contributed by atoms with Crippen molar-refractivity contribution >= 4 is 5.91 Å². The predicted octanol–water partition coefficient (Wildman–Crippen LogP) is 4.88. The van der Waals surface area contributed by atoms with Crippen LogP contribution in [0.2, 0.25) is 0 Å². The number of para-hydroxylation sites is 1. The average Bonchev–Trinajstić information content (AvgIpc) is 3.11. The third-order valence-electron chi connectivity index (χ3n) is 5.07. The second kappa shape index (κ2) is 8.97. The monoisotopic (exact) mass is 411 g/mol. The van der Waals surface area contributed by atoms with Crippen LogP contribution in [0.1, 0.15) is 29.8 Å². The second-order valence-electron chi connectivity index (χ2n) is 8.05. The first-order valence-corrected chi connectivity index (χ1v) is 10.3. The molecule has 3 aromatic carbocycles. The number of ether oxygens (including phenoxy) is 2. The highest BCUT2D eigenvalue weighted by Crippen LogP contribution is 2.41. The maximum atomic E-state index is 12.3. The van der Waals surface area contributed by atoms with Crippen LogP contribution in [0.4, 0.5) is 0 Å².